The van der Waals surface area contributed by atoms with Gasteiger partial charge in [-0.3, -0.25) is 19.0 Å². The van der Waals surface area contributed by atoms with E-state index in [0.29, 0.717) is 18.0 Å². The summed E-state index contributed by atoms with van der Waals surface area (Å²) < 4.78 is 1.91. The van der Waals surface area contributed by atoms with E-state index in [1.807, 2.05) is 34.9 Å². The van der Waals surface area contributed by atoms with Gasteiger partial charge in [-0.1, -0.05) is 71.2 Å². The molecule has 5 rings (SSSR count). The number of benzene rings is 2. The van der Waals surface area contributed by atoms with Crippen molar-refractivity contribution in [2.75, 3.05) is 5.32 Å². The zero-order valence-corrected chi connectivity index (χ0v) is 24.0. The molecule has 1 fully saturated rings. The van der Waals surface area contributed by atoms with Gasteiger partial charge in [0.1, 0.15) is 6.04 Å². The number of carbonyl (C=O) groups excluding carboxylic acids is 2. The Morgan fingerprint density at radius 3 is 2.33 bits per heavy atom. The number of aliphatic carboxylic acids is 1. The summed E-state index contributed by atoms with van der Waals surface area (Å²) in [6.07, 6.45) is 7.26. The van der Waals surface area contributed by atoms with E-state index in [0.717, 1.165) is 52.7 Å². The van der Waals surface area contributed by atoms with Crippen LogP contribution in [0.1, 0.15) is 87.1 Å². The zero-order chi connectivity index (χ0) is 29.2. The number of carboxylic acids is 1. The number of amides is 1. The standard InChI is InChI=1S/C27H31N3O2.C5H11NO2/c1-27(2)15-23-25(20-10-6-7-11-22(20)30(23)24(31)16-27)17-12-13-19(26(28)32)21(14-17)29-18-8-4-3-5-9-18;1-3(2)4(6)5(7)8/h6-7,10-14,18,29H,3-5,8-9,15-16H2,1-2H3,(H2,28,32);3-4H,6H2,1-2H3,(H,7,8). The molecule has 3 aromatic rings. The minimum absolute atomic E-state index is 0.0208. The molecule has 2 aliphatic rings. The quantitative estimate of drug-likeness (QED) is 0.307. The van der Waals surface area contributed by atoms with Crippen LogP contribution in [0.2, 0.25) is 0 Å². The van der Waals surface area contributed by atoms with Gasteiger partial charge in [0.05, 0.1) is 11.1 Å². The number of hydrogen-bond donors (Lipinski definition) is 4. The highest BCUT2D eigenvalue weighted by molar-refractivity contribution is 6.06. The van der Waals surface area contributed by atoms with Gasteiger partial charge < -0.3 is 21.9 Å². The summed E-state index contributed by atoms with van der Waals surface area (Å²) in [7, 11) is 0. The van der Waals surface area contributed by atoms with Crippen LogP contribution in [-0.2, 0) is 11.2 Å². The Labute approximate surface area is 236 Å². The number of hydrogen-bond acceptors (Lipinski definition) is 5. The van der Waals surface area contributed by atoms with Crippen LogP contribution in [-0.4, -0.2) is 39.5 Å². The Bertz CT molecular complexity index is 1420. The highest BCUT2D eigenvalue weighted by atomic mass is 16.4. The third-order valence-electron chi connectivity index (χ3n) is 8.04. The van der Waals surface area contributed by atoms with Crippen LogP contribution in [0.5, 0.6) is 0 Å². The van der Waals surface area contributed by atoms with Crippen molar-refractivity contribution in [1.29, 1.82) is 0 Å². The molecular weight excluding hydrogens is 504 g/mol. The molecule has 0 saturated heterocycles. The van der Waals surface area contributed by atoms with Crippen molar-refractivity contribution in [1.82, 2.24) is 4.57 Å². The first-order valence-electron chi connectivity index (χ1n) is 14.2. The zero-order valence-electron chi connectivity index (χ0n) is 24.0. The summed E-state index contributed by atoms with van der Waals surface area (Å²) in [6, 6.07) is 13.6. The number of nitrogens with zero attached hydrogens (tertiary/aromatic N) is 1. The van der Waals surface area contributed by atoms with Crippen LogP contribution < -0.4 is 16.8 Å². The molecule has 40 heavy (non-hydrogen) atoms. The first-order valence-corrected chi connectivity index (χ1v) is 14.2. The van der Waals surface area contributed by atoms with Gasteiger partial charge in [-0.25, -0.2) is 0 Å². The van der Waals surface area contributed by atoms with E-state index in [1.54, 1.807) is 13.8 Å². The summed E-state index contributed by atoms with van der Waals surface area (Å²) in [5, 5.41) is 12.9. The summed E-state index contributed by atoms with van der Waals surface area (Å²) in [5.41, 5.74) is 16.2. The van der Waals surface area contributed by atoms with Crippen LogP contribution in [0.4, 0.5) is 5.69 Å². The van der Waals surface area contributed by atoms with Crippen molar-refractivity contribution < 1.29 is 19.5 Å². The second-order valence-electron chi connectivity index (χ2n) is 12.3. The number of rotatable bonds is 6. The van der Waals surface area contributed by atoms with Crippen molar-refractivity contribution in [3.8, 4) is 11.1 Å². The van der Waals surface area contributed by atoms with E-state index in [2.05, 4.69) is 31.3 Å². The summed E-state index contributed by atoms with van der Waals surface area (Å²) >= 11 is 0. The molecule has 2 heterocycles. The average Bonchev–Trinajstić information content (AvgIpc) is 3.22. The van der Waals surface area contributed by atoms with Crippen LogP contribution in [0.3, 0.4) is 0 Å². The minimum Gasteiger partial charge on any atom is -0.480 e. The van der Waals surface area contributed by atoms with E-state index < -0.39 is 17.9 Å². The van der Waals surface area contributed by atoms with E-state index in [1.165, 1.54) is 19.3 Å². The summed E-state index contributed by atoms with van der Waals surface area (Å²) in [6.45, 7) is 7.86. The highest BCUT2D eigenvalue weighted by Crippen LogP contribution is 2.43. The van der Waals surface area contributed by atoms with Gasteiger partial charge in [-0.2, -0.15) is 0 Å². The molecule has 1 amide bonds. The number of nitrogens with one attached hydrogen (secondary N) is 1. The first kappa shape index (κ1) is 29.3. The number of para-hydroxylation sites is 1. The lowest BCUT2D eigenvalue weighted by molar-refractivity contribution is -0.139. The molecule has 1 saturated carbocycles. The van der Waals surface area contributed by atoms with Crippen molar-refractivity contribution in [3.63, 3.8) is 0 Å². The molecule has 8 nitrogen and oxygen atoms in total. The van der Waals surface area contributed by atoms with Crippen LogP contribution >= 0.6 is 0 Å². The SMILES string of the molecule is CC(C)C(N)C(=O)O.CC1(C)CC(=O)n2c(c(-c3ccc(C(N)=O)c(NC4CCCCC4)c3)c3ccccc32)C1. The summed E-state index contributed by atoms with van der Waals surface area (Å²) in [4.78, 5) is 35.3. The van der Waals surface area contributed by atoms with Gasteiger partial charge in [-0.05, 0) is 54.4 Å². The predicted molar refractivity (Wildman–Crippen MR) is 160 cm³/mol. The Kier molecular flexibility index (Phi) is 8.68. The molecule has 1 aliphatic carbocycles. The molecular formula is C32H42N4O4. The van der Waals surface area contributed by atoms with Crippen molar-refractivity contribution in [2.24, 2.45) is 22.8 Å². The number of carbonyl (C=O) groups is 3. The number of primary amides is 1. The monoisotopic (exact) mass is 546 g/mol. The molecule has 6 N–H and O–H groups in total. The van der Waals surface area contributed by atoms with Gasteiger partial charge in [0.15, 0.2) is 0 Å². The largest absolute Gasteiger partial charge is 0.480 e. The predicted octanol–water partition coefficient (Wildman–Crippen LogP) is 5.82. The first-order chi connectivity index (χ1) is 18.9. The van der Waals surface area contributed by atoms with Gasteiger partial charge in [0.2, 0.25) is 5.91 Å². The fraction of sp³-hybridized carbons (Fsp3) is 0.469. The number of aromatic nitrogens is 1. The molecule has 1 unspecified atom stereocenters. The minimum atomic E-state index is -0.931. The maximum absolute atomic E-state index is 13.1. The third kappa shape index (κ3) is 6.22. The van der Waals surface area contributed by atoms with E-state index in [9.17, 15) is 14.4 Å². The number of fused-ring (bicyclic) bond motifs is 3. The Hall–Kier alpha value is -3.65. The molecule has 8 heteroatoms. The Morgan fingerprint density at radius 1 is 1.05 bits per heavy atom. The maximum Gasteiger partial charge on any atom is 0.320 e. The topological polar surface area (TPSA) is 140 Å². The molecule has 0 radical (unpaired) electrons. The van der Waals surface area contributed by atoms with Crippen molar-refractivity contribution >= 4 is 34.4 Å². The normalized spacial score (nSPS) is 17.6. The van der Waals surface area contributed by atoms with Gasteiger partial charge in [-0.15, -0.1) is 0 Å². The number of anilines is 1. The molecule has 0 bridgehead atoms. The van der Waals surface area contributed by atoms with Gasteiger partial charge in [0, 0.05) is 34.8 Å². The van der Waals surface area contributed by atoms with Gasteiger partial charge >= 0.3 is 5.97 Å². The Morgan fingerprint density at radius 2 is 1.73 bits per heavy atom. The van der Waals surface area contributed by atoms with Crippen LogP contribution in [0, 0.1) is 11.3 Å². The summed E-state index contributed by atoms with van der Waals surface area (Å²) in [5.74, 6) is -1.18. The van der Waals surface area contributed by atoms with E-state index in [-0.39, 0.29) is 17.2 Å². The molecule has 2 aromatic carbocycles. The molecule has 1 aromatic heterocycles. The lowest BCUT2D eigenvalue weighted by Gasteiger charge is -2.30. The second-order valence-corrected chi connectivity index (χ2v) is 12.3. The van der Waals surface area contributed by atoms with Crippen LogP contribution in [0.15, 0.2) is 42.5 Å². The number of nitrogens with two attached hydrogens (primary N) is 2. The molecule has 1 atom stereocenters. The lowest BCUT2D eigenvalue weighted by Crippen LogP contribution is -2.34. The molecule has 214 valence electrons. The van der Waals surface area contributed by atoms with E-state index >= 15 is 0 Å². The van der Waals surface area contributed by atoms with Crippen molar-refractivity contribution in [3.05, 3.63) is 53.7 Å². The molecule has 1 aliphatic heterocycles. The average molecular weight is 547 g/mol. The molecule has 0 spiro atoms. The second kappa shape index (κ2) is 11.8. The van der Waals surface area contributed by atoms with E-state index in [4.69, 9.17) is 16.6 Å². The lowest BCUT2D eigenvalue weighted by atomic mass is 9.80. The maximum atomic E-state index is 13.1. The number of carboxylic acid groups (broad SMARTS) is 1. The smallest absolute Gasteiger partial charge is 0.320 e. The fourth-order valence-corrected chi connectivity index (χ4v) is 5.86. The highest BCUT2D eigenvalue weighted by Gasteiger charge is 2.35. The van der Waals surface area contributed by atoms with Gasteiger partial charge in [0.25, 0.3) is 5.91 Å². The Balaban J connectivity index is 0.000000406. The van der Waals surface area contributed by atoms with Crippen molar-refractivity contribution in [2.45, 2.75) is 84.7 Å². The third-order valence-corrected chi connectivity index (χ3v) is 8.04. The van der Waals surface area contributed by atoms with Crippen LogP contribution in [0.25, 0.3) is 22.0 Å². The fourth-order valence-electron chi connectivity index (χ4n) is 5.86.